The predicted molar refractivity (Wildman–Crippen MR) is 170 cm³/mol. The van der Waals surface area contributed by atoms with Crippen LogP contribution >= 0.6 is 11.6 Å². The van der Waals surface area contributed by atoms with Gasteiger partial charge in [-0.1, -0.05) is 24.6 Å². The Labute approximate surface area is 280 Å². The number of piperazine rings is 1. The molecule has 256 valence electrons. The summed E-state index contributed by atoms with van der Waals surface area (Å²) in [5.74, 6) is -1.24. The molecule has 0 spiro atoms. The normalized spacial score (nSPS) is 19.6. The molecule has 6 heterocycles. The number of aromatic hydroxyl groups is 1. The predicted octanol–water partition coefficient (Wildman–Crippen LogP) is 3.51. The Kier molecular flexibility index (Phi) is 8.26. The molecule has 1 aromatic carbocycles. The van der Waals surface area contributed by atoms with Crippen LogP contribution in [0.15, 0.2) is 41.6 Å². The lowest BCUT2D eigenvalue weighted by molar-refractivity contribution is -0.137. The molecule has 1 fully saturated rings. The Hall–Kier alpha value is -5.03. The van der Waals surface area contributed by atoms with Crippen LogP contribution in [-0.2, 0) is 15.7 Å². The summed E-state index contributed by atoms with van der Waals surface area (Å²) in [5, 5.41) is 17.0. The summed E-state index contributed by atoms with van der Waals surface area (Å²) in [6, 6.07) is 1.76. The van der Waals surface area contributed by atoms with Gasteiger partial charge in [-0.15, -0.1) is 5.10 Å². The van der Waals surface area contributed by atoms with Crippen LogP contribution in [-0.4, -0.2) is 90.3 Å². The minimum absolute atomic E-state index is 0.00286. The van der Waals surface area contributed by atoms with Crippen LogP contribution in [0.2, 0.25) is 5.02 Å². The second-order valence-corrected chi connectivity index (χ2v) is 12.4. The van der Waals surface area contributed by atoms with Gasteiger partial charge in [-0.2, -0.15) is 22.7 Å². The first-order valence-corrected chi connectivity index (χ1v) is 15.8. The molecule has 14 nitrogen and oxygen atoms in total. The maximum Gasteiger partial charge on any atom is 0.416 e. The molecule has 2 N–H and O–H groups in total. The highest BCUT2D eigenvalue weighted by molar-refractivity contribution is 6.33. The van der Waals surface area contributed by atoms with Gasteiger partial charge in [0.1, 0.15) is 18.1 Å². The zero-order valence-corrected chi connectivity index (χ0v) is 26.7. The molecule has 1 saturated heterocycles. The van der Waals surface area contributed by atoms with Gasteiger partial charge in [-0.05, 0) is 36.6 Å². The highest BCUT2D eigenvalue weighted by Crippen LogP contribution is 2.42. The SMILES string of the molecule is CC1CC(C(=O)Nc2ccc(C(F)(F)F)cc2Cl)n2c1c(N1CCN(C(=O)c3ncncc3O)CC1)c(=O)n1nc(C3=CCOCC3)nc21. The van der Waals surface area contributed by atoms with Crippen molar-refractivity contribution in [2.75, 3.05) is 49.6 Å². The number of rotatable bonds is 5. The summed E-state index contributed by atoms with van der Waals surface area (Å²) in [4.78, 5) is 57.0. The molecule has 0 aliphatic carbocycles. The van der Waals surface area contributed by atoms with E-state index in [1.54, 1.807) is 4.57 Å². The largest absolute Gasteiger partial charge is 0.504 e. The summed E-state index contributed by atoms with van der Waals surface area (Å²) >= 11 is 6.17. The topological polar surface area (TPSA) is 160 Å². The Balaban J connectivity index is 1.26. The number of hydrogen-bond donors (Lipinski definition) is 2. The Morgan fingerprint density at radius 2 is 1.94 bits per heavy atom. The second-order valence-electron chi connectivity index (χ2n) is 12.0. The number of carbonyl (C=O) groups excluding carboxylic acids is 2. The van der Waals surface area contributed by atoms with Crippen molar-refractivity contribution in [3.05, 3.63) is 75.0 Å². The fourth-order valence-electron chi connectivity index (χ4n) is 6.52. The number of anilines is 2. The zero-order valence-electron chi connectivity index (χ0n) is 25.9. The summed E-state index contributed by atoms with van der Waals surface area (Å²) in [5.41, 5.74) is 0.116. The molecule has 0 saturated carbocycles. The maximum absolute atomic E-state index is 14.3. The van der Waals surface area contributed by atoms with Gasteiger partial charge < -0.3 is 25.0 Å². The van der Waals surface area contributed by atoms with Gasteiger partial charge >= 0.3 is 6.18 Å². The summed E-state index contributed by atoms with van der Waals surface area (Å²) in [7, 11) is 0. The average Bonchev–Trinajstić information content (AvgIpc) is 3.68. The van der Waals surface area contributed by atoms with Crippen LogP contribution < -0.4 is 15.8 Å². The van der Waals surface area contributed by atoms with Crippen molar-refractivity contribution >= 4 is 46.1 Å². The zero-order chi connectivity index (χ0) is 34.6. The number of halogens is 4. The van der Waals surface area contributed by atoms with Crippen LogP contribution in [0, 0.1) is 0 Å². The lowest BCUT2D eigenvalue weighted by Gasteiger charge is -2.36. The molecular formula is C31H29ClF3N9O5. The van der Waals surface area contributed by atoms with Crippen molar-refractivity contribution in [1.29, 1.82) is 0 Å². The number of aromatic nitrogens is 6. The van der Waals surface area contributed by atoms with E-state index in [1.807, 2.05) is 17.9 Å². The average molecular weight is 700 g/mol. The highest BCUT2D eigenvalue weighted by Gasteiger charge is 2.41. The number of ether oxygens (including phenoxy) is 1. The van der Waals surface area contributed by atoms with Gasteiger partial charge in [-0.3, -0.25) is 19.0 Å². The van der Waals surface area contributed by atoms with E-state index < -0.39 is 35.2 Å². The first-order chi connectivity index (χ1) is 23.4. The molecular weight excluding hydrogens is 671 g/mol. The van der Waals surface area contributed by atoms with Gasteiger partial charge in [0.2, 0.25) is 11.7 Å². The third kappa shape index (κ3) is 5.86. The molecule has 4 aromatic rings. The number of fused-ring (bicyclic) bond motifs is 3. The van der Waals surface area contributed by atoms with E-state index in [0.29, 0.717) is 36.8 Å². The first-order valence-electron chi connectivity index (χ1n) is 15.5. The Morgan fingerprint density at radius 3 is 2.61 bits per heavy atom. The maximum atomic E-state index is 14.3. The minimum Gasteiger partial charge on any atom is -0.504 e. The third-order valence-corrected chi connectivity index (χ3v) is 9.26. The van der Waals surface area contributed by atoms with Crippen LogP contribution in [0.4, 0.5) is 24.5 Å². The fourth-order valence-corrected chi connectivity index (χ4v) is 6.75. The molecule has 2 amide bonds. The summed E-state index contributed by atoms with van der Waals surface area (Å²) < 4.78 is 48.0. The number of amides is 2. The Bertz CT molecular complexity index is 2070. The van der Waals surface area contributed by atoms with E-state index in [2.05, 4.69) is 20.4 Å². The van der Waals surface area contributed by atoms with Gasteiger partial charge in [0, 0.05) is 32.1 Å². The van der Waals surface area contributed by atoms with Gasteiger partial charge in [0.05, 0.1) is 41.4 Å². The second kappa shape index (κ2) is 12.5. The highest BCUT2D eigenvalue weighted by atomic mass is 35.5. The smallest absolute Gasteiger partial charge is 0.416 e. The molecule has 49 heavy (non-hydrogen) atoms. The van der Waals surface area contributed by atoms with Gasteiger partial charge in [-0.25, -0.2) is 9.97 Å². The lowest BCUT2D eigenvalue weighted by atomic mass is 10.0. The first kappa shape index (κ1) is 32.5. The van der Waals surface area contributed by atoms with Crippen molar-refractivity contribution in [2.24, 2.45) is 0 Å². The summed E-state index contributed by atoms with van der Waals surface area (Å²) in [6.07, 6.45) is 0.306. The number of hydrogen-bond acceptors (Lipinski definition) is 10. The number of carbonyl (C=O) groups is 2. The number of alkyl halides is 3. The van der Waals surface area contributed by atoms with Gasteiger partial charge in [0.25, 0.3) is 11.5 Å². The monoisotopic (exact) mass is 699 g/mol. The van der Waals surface area contributed by atoms with Crippen molar-refractivity contribution < 1.29 is 32.6 Å². The molecule has 0 bridgehead atoms. The fraction of sp³-hybridized carbons (Fsp3) is 0.387. The number of nitrogens with one attached hydrogen (secondary N) is 1. The van der Waals surface area contributed by atoms with Crippen LogP contribution in [0.25, 0.3) is 11.4 Å². The van der Waals surface area contributed by atoms with E-state index in [-0.39, 0.29) is 66.4 Å². The molecule has 0 radical (unpaired) electrons. The van der Waals surface area contributed by atoms with E-state index in [1.165, 1.54) is 15.7 Å². The molecule has 7 rings (SSSR count). The quantitative estimate of drug-likeness (QED) is 0.316. The van der Waals surface area contributed by atoms with E-state index in [9.17, 15) is 32.7 Å². The van der Waals surface area contributed by atoms with Crippen LogP contribution in [0.3, 0.4) is 0 Å². The Morgan fingerprint density at radius 1 is 1.16 bits per heavy atom. The number of nitrogens with zero attached hydrogens (tertiary/aromatic N) is 8. The molecule has 3 aliphatic heterocycles. The van der Waals surface area contributed by atoms with Crippen molar-refractivity contribution in [3.8, 4) is 5.75 Å². The molecule has 3 aromatic heterocycles. The molecule has 18 heteroatoms. The van der Waals surface area contributed by atoms with Crippen molar-refractivity contribution in [1.82, 2.24) is 34.0 Å². The van der Waals surface area contributed by atoms with Crippen LogP contribution in [0.5, 0.6) is 5.75 Å². The number of benzene rings is 1. The molecule has 3 aliphatic rings. The molecule has 2 unspecified atom stereocenters. The van der Waals surface area contributed by atoms with E-state index >= 15 is 0 Å². The third-order valence-electron chi connectivity index (χ3n) is 8.94. The van der Waals surface area contributed by atoms with E-state index in [0.717, 1.165) is 30.0 Å². The van der Waals surface area contributed by atoms with Crippen molar-refractivity contribution in [3.63, 3.8) is 0 Å². The molecule has 2 atom stereocenters. The standard InChI is InChI=1S/C31H29ClF3N9O5/c1-16-12-21(27(46)38-20-3-2-18(13-19(20)32)31(33,34)35)43-24(16)25(29(48)44-30(43)39-26(40-44)17-4-10-49-11-5-17)41-6-8-42(9-7-41)28(47)23-22(45)14-36-15-37-23/h2-4,13-16,21,45H,5-12H2,1H3,(H,38,46). The van der Waals surface area contributed by atoms with Crippen LogP contribution in [0.1, 0.15) is 59.3 Å². The minimum atomic E-state index is -4.61. The lowest BCUT2D eigenvalue weighted by Crippen LogP contribution is -2.51. The summed E-state index contributed by atoms with van der Waals surface area (Å²) in [6.45, 7) is 3.60. The van der Waals surface area contributed by atoms with Gasteiger partial charge in [0.15, 0.2) is 17.3 Å². The van der Waals surface area contributed by atoms with Crippen molar-refractivity contribution in [2.45, 2.75) is 37.9 Å². The van der Waals surface area contributed by atoms with E-state index in [4.69, 9.17) is 21.3 Å².